The number of rotatable bonds is 1. The van der Waals surface area contributed by atoms with Gasteiger partial charge in [-0.25, -0.2) is 0 Å². The van der Waals surface area contributed by atoms with Gasteiger partial charge in [0.2, 0.25) is 0 Å². The van der Waals surface area contributed by atoms with Gasteiger partial charge in [-0.05, 0) is 37.3 Å². The lowest BCUT2D eigenvalue weighted by Gasteiger charge is -2.28. The molecule has 0 spiro atoms. The van der Waals surface area contributed by atoms with Gasteiger partial charge in [-0.1, -0.05) is 6.07 Å². The van der Waals surface area contributed by atoms with E-state index in [9.17, 15) is 5.11 Å². The Kier molecular flexibility index (Phi) is 1.69. The zero-order chi connectivity index (χ0) is 9.54. The lowest BCUT2D eigenvalue weighted by Crippen LogP contribution is -2.31. The molecule has 0 radical (unpaired) electrons. The van der Waals surface area contributed by atoms with E-state index in [1.807, 2.05) is 12.1 Å². The van der Waals surface area contributed by atoms with Gasteiger partial charge in [-0.2, -0.15) is 0 Å². The second kappa shape index (κ2) is 2.91. The van der Waals surface area contributed by atoms with Crippen molar-refractivity contribution in [1.82, 2.24) is 0 Å². The summed E-state index contributed by atoms with van der Waals surface area (Å²) in [4.78, 5) is 2.45. The summed E-state index contributed by atoms with van der Waals surface area (Å²) in [6.07, 6.45) is 4.06. The van der Waals surface area contributed by atoms with Crippen LogP contribution in [0.1, 0.15) is 19.3 Å². The molecule has 2 atom stereocenters. The van der Waals surface area contributed by atoms with Gasteiger partial charge in [0.05, 0.1) is 0 Å². The van der Waals surface area contributed by atoms with Crippen molar-refractivity contribution in [2.24, 2.45) is 5.92 Å². The Balaban J connectivity index is 1.87. The van der Waals surface area contributed by atoms with Crippen LogP contribution in [0.3, 0.4) is 0 Å². The number of hydrogen-bond donors (Lipinski definition) is 1. The molecule has 1 N–H and O–H groups in total. The summed E-state index contributed by atoms with van der Waals surface area (Å²) >= 11 is 0. The van der Waals surface area contributed by atoms with E-state index in [0.717, 1.165) is 18.5 Å². The first kappa shape index (κ1) is 8.16. The minimum absolute atomic E-state index is 0.380. The van der Waals surface area contributed by atoms with Crippen LogP contribution in [-0.2, 0) is 0 Å². The van der Waals surface area contributed by atoms with Crippen LogP contribution in [0.2, 0.25) is 0 Å². The molecule has 0 amide bonds. The maximum atomic E-state index is 9.42. The number of fused-ring (bicyclic) bond motifs is 1. The first-order valence-corrected chi connectivity index (χ1v) is 5.40. The Hall–Kier alpha value is -1.18. The number of aromatic hydroxyl groups is 1. The van der Waals surface area contributed by atoms with Crippen molar-refractivity contribution in [3.05, 3.63) is 24.3 Å². The summed E-state index contributed by atoms with van der Waals surface area (Å²) in [7, 11) is 0. The van der Waals surface area contributed by atoms with E-state index in [1.54, 1.807) is 6.07 Å². The van der Waals surface area contributed by atoms with Crippen LogP contribution in [0.5, 0.6) is 5.75 Å². The van der Waals surface area contributed by atoms with Gasteiger partial charge in [-0.15, -0.1) is 0 Å². The molecule has 1 aliphatic carbocycles. The summed E-state index contributed by atoms with van der Waals surface area (Å²) in [6, 6.07) is 8.40. The Morgan fingerprint density at radius 2 is 2.29 bits per heavy atom. The zero-order valence-electron chi connectivity index (χ0n) is 8.19. The van der Waals surface area contributed by atoms with E-state index >= 15 is 0 Å². The molecule has 2 unspecified atom stereocenters. The van der Waals surface area contributed by atoms with Crippen molar-refractivity contribution in [2.75, 3.05) is 11.4 Å². The highest BCUT2D eigenvalue weighted by Gasteiger charge is 2.43. The molecule has 2 nitrogen and oxygen atoms in total. The lowest BCUT2D eigenvalue weighted by atomic mass is 10.1. The van der Waals surface area contributed by atoms with Gasteiger partial charge in [0, 0.05) is 24.3 Å². The molecule has 74 valence electrons. The van der Waals surface area contributed by atoms with Crippen LogP contribution >= 0.6 is 0 Å². The molecule has 2 heteroatoms. The van der Waals surface area contributed by atoms with Crippen molar-refractivity contribution < 1.29 is 5.11 Å². The highest BCUT2D eigenvalue weighted by Crippen LogP contribution is 2.45. The molecular formula is C12H15NO. The highest BCUT2D eigenvalue weighted by molar-refractivity contribution is 5.53. The molecule has 1 heterocycles. The highest BCUT2D eigenvalue weighted by atomic mass is 16.3. The van der Waals surface area contributed by atoms with Gasteiger partial charge in [0.25, 0.3) is 0 Å². The minimum Gasteiger partial charge on any atom is -0.508 e. The van der Waals surface area contributed by atoms with E-state index in [-0.39, 0.29) is 0 Å². The fourth-order valence-corrected chi connectivity index (χ4v) is 2.61. The molecule has 0 bridgehead atoms. The molecule has 2 aliphatic rings. The van der Waals surface area contributed by atoms with Crippen LogP contribution < -0.4 is 4.90 Å². The third-order valence-electron chi connectivity index (χ3n) is 3.42. The van der Waals surface area contributed by atoms with Crippen molar-refractivity contribution >= 4 is 5.69 Å². The third-order valence-corrected chi connectivity index (χ3v) is 3.42. The summed E-state index contributed by atoms with van der Waals surface area (Å²) in [6.45, 7) is 1.16. The minimum atomic E-state index is 0.380. The van der Waals surface area contributed by atoms with Crippen molar-refractivity contribution in [3.8, 4) is 5.75 Å². The largest absolute Gasteiger partial charge is 0.508 e. The summed E-state index contributed by atoms with van der Waals surface area (Å²) in [5, 5.41) is 9.42. The molecular weight excluding hydrogens is 174 g/mol. The predicted molar refractivity (Wildman–Crippen MR) is 56.6 cm³/mol. The van der Waals surface area contributed by atoms with Crippen LogP contribution in [0, 0.1) is 5.92 Å². The van der Waals surface area contributed by atoms with E-state index in [2.05, 4.69) is 11.0 Å². The van der Waals surface area contributed by atoms with E-state index < -0.39 is 0 Å². The quantitative estimate of drug-likeness (QED) is 0.733. The summed E-state index contributed by atoms with van der Waals surface area (Å²) in [5.74, 6) is 1.32. The average molecular weight is 189 g/mol. The number of piperidine rings is 1. The first-order valence-electron chi connectivity index (χ1n) is 5.40. The Labute approximate surface area is 84.2 Å². The smallest absolute Gasteiger partial charge is 0.117 e. The number of benzene rings is 1. The number of phenolic OH excluding ortho intramolecular Hbond substituents is 1. The summed E-state index contributed by atoms with van der Waals surface area (Å²) < 4.78 is 0. The first-order chi connectivity index (χ1) is 6.84. The number of anilines is 1. The Bertz CT molecular complexity index is 350. The van der Waals surface area contributed by atoms with Crippen molar-refractivity contribution in [1.29, 1.82) is 0 Å². The molecule has 1 saturated carbocycles. The third kappa shape index (κ3) is 1.26. The SMILES string of the molecule is Oc1cccc(N2CCCC3CC32)c1. The number of hydrogen-bond acceptors (Lipinski definition) is 2. The van der Waals surface area contributed by atoms with Gasteiger partial charge in [-0.3, -0.25) is 0 Å². The molecule has 2 fully saturated rings. The standard InChI is InChI=1S/C12H15NO/c14-11-5-1-4-10(8-11)13-6-2-3-9-7-12(9)13/h1,4-5,8-9,12,14H,2-3,6-7H2. The van der Waals surface area contributed by atoms with Crippen molar-refractivity contribution in [3.63, 3.8) is 0 Å². The zero-order valence-corrected chi connectivity index (χ0v) is 8.19. The van der Waals surface area contributed by atoms with Gasteiger partial charge in [0.15, 0.2) is 0 Å². The lowest BCUT2D eigenvalue weighted by molar-refractivity contribution is 0.474. The van der Waals surface area contributed by atoms with E-state index in [0.29, 0.717) is 5.75 Å². The molecule has 3 rings (SSSR count). The molecule has 14 heavy (non-hydrogen) atoms. The number of nitrogens with zero attached hydrogens (tertiary/aromatic N) is 1. The van der Waals surface area contributed by atoms with E-state index in [1.165, 1.54) is 24.9 Å². The Morgan fingerprint density at radius 1 is 1.36 bits per heavy atom. The maximum Gasteiger partial charge on any atom is 0.117 e. The fraction of sp³-hybridized carbons (Fsp3) is 0.500. The average Bonchev–Trinajstić information content (AvgIpc) is 2.95. The maximum absolute atomic E-state index is 9.42. The fourth-order valence-electron chi connectivity index (χ4n) is 2.61. The van der Waals surface area contributed by atoms with Crippen molar-refractivity contribution in [2.45, 2.75) is 25.3 Å². The predicted octanol–water partition coefficient (Wildman–Crippen LogP) is 2.38. The Morgan fingerprint density at radius 3 is 3.14 bits per heavy atom. The molecule has 1 aliphatic heterocycles. The molecule has 1 saturated heterocycles. The van der Waals surface area contributed by atoms with E-state index in [4.69, 9.17) is 0 Å². The molecule has 1 aromatic carbocycles. The van der Waals surface area contributed by atoms with Gasteiger partial charge >= 0.3 is 0 Å². The van der Waals surface area contributed by atoms with Gasteiger partial charge < -0.3 is 10.0 Å². The van der Waals surface area contributed by atoms with Crippen LogP contribution in [-0.4, -0.2) is 17.7 Å². The van der Waals surface area contributed by atoms with Crippen LogP contribution in [0.4, 0.5) is 5.69 Å². The topological polar surface area (TPSA) is 23.5 Å². The van der Waals surface area contributed by atoms with Crippen LogP contribution in [0.25, 0.3) is 0 Å². The molecule has 1 aromatic rings. The van der Waals surface area contributed by atoms with Crippen LogP contribution in [0.15, 0.2) is 24.3 Å². The second-order valence-corrected chi connectivity index (χ2v) is 4.42. The number of phenols is 1. The normalized spacial score (nSPS) is 29.9. The van der Waals surface area contributed by atoms with Gasteiger partial charge in [0.1, 0.15) is 5.75 Å². The monoisotopic (exact) mass is 189 g/mol. The second-order valence-electron chi connectivity index (χ2n) is 4.42. The summed E-state index contributed by atoms with van der Waals surface area (Å²) in [5.41, 5.74) is 1.19. The molecule has 0 aromatic heterocycles.